The van der Waals surface area contributed by atoms with Gasteiger partial charge in [0.15, 0.2) is 0 Å². The van der Waals surface area contributed by atoms with E-state index in [0.717, 1.165) is 79.8 Å². The molecule has 9 aromatic rings. The summed E-state index contributed by atoms with van der Waals surface area (Å²) in [4.78, 5) is 11.4. The number of phenolic OH excluding ortho intramolecular Hbond substituents is 1. The topological polar surface area (TPSA) is 59.2 Å². The van der Waals surface area contributed by atoms with Crippen molar-refractivity contribution in [1.29, 1.82) is 0 Å². The van der Waals surface area contributed by atoms with E-state index in [-0.39, 0.29) is 11.2 Å². The van der Waals surface area contributed by atoms with E-state index in [0.29, 0.717) is 11.3 Å². The maximum absolute atomic E-state index is 11.5. The summed E-state index contributed by atoms with van der Waals surface area (Å²) in [6.07, 6.45) is 4.72. The summed E-state index contributed by atoms with van der Waals surface area (Å²) < 4.78 is 6.55. The van der Waals surface area contributed by atoms with Crippen LogP contribution < -0.4 is 0 Å². The van der Waals surface area contributed by atoms with E-state index < -0.39 is 5.41 Å². The van der Waals surface area contributed by atoms with Crippen LogP contribution in [-0.4, -0.2) is 15.1 Å². The van der Waals surface area contributed by atoms with Crippen molar-refractivity contribution in [3.8, 4) is 39.4 Å². The highest BCUT2D eigenvalue weighted by molar-refractivity contribution is 6.22. The molecule has 0 bridgehead atoms. The predicted molar refractivity (Wildman–Crippen MR) is 242 cm³/mol. The van der Waals surface area contributed by atoms with Crippen molar-refractivity contribution >= 4 is 32.7 Å². The molecular weight excluding hydrogens is 721 g/mol. The maximum atomic E-state index is 11.5. The van der Waals surface area contributed by atoms with Crippen molar-refractivity contribution in [3.63, 3.8) is 0 Å². The van der Waals surface area contributed by atoms with Gasteiger partial charge in [0.1, 0.15) is 22.3 Å². The molecule has 0 aliphatic heterocycles. The SMILES string of the molecule is CC1(C)CCC(c2ccc(O)c(-c3cccc(C4(c5cc(C(C)(C)C)cc(-c6cc7ccc8cccc9oc(c6)c7c89)n5)c5ccccc5-c5ccccc54)n3)c2)CC1. The molecule has 0 spiro atoms. The van der Waals surface area contributed by atoms with Crippen molar-refractivity contribution in [2.24, 2.45) is 5.41 Å². The molecule has 1 saturated carbocycles. The van der Waals surface area contributed by atoms with Gasteiger partial charge in [0.25, 0.3) is 0 Å². The summed E-state index contributed by atoms with van der Waals surface area (Å²) in [5.74, 6) is 0.719. The Kier molecular flexibility index (Phi) is 7.82. The second kappa shape index (κ2) is 12.9. The number of benzene rings is 6. The van der Waals surface area contributed by atoms with Crippen molar-refractivity contribution in [3.05, 3.63) is 173 Å². The fraction of sp³-hybridized carbons (Fsp3) is 0.236. The van der Waals surface area contributed by atoms with E-state index in [4.69, 9.17) is 14.4 Å². The van der Waals surface area contributed by atoms with Crippen molar-refractivity contribution in [2.45, 2.75) is 77.0 Å². The van der Waals surface area contributed by atoms with E-state index in [1.165, 1.54) is 45.9 Å². The minimum Gasteiger partial charge on any atom is -0.507 e. The molecule has 4 nitrogen and oxygen atoms in total. The number of rotatable bonds is 5. The number of pyridine rings is 2. The lowest BCUT2D eigenvalue weighted by Gasteiger charge is -2.34. The second-order valence-corrected chi connectivity index (χ2v) is 18.9. The molecule has 3 aromatic heterocycles. The number of hydrogen-bond acceptors (Lipinski definition) is 4. The minimum absolute atomic E-state index is 0.187. The molecule has 6 aromatic carbocycles. The van der Waals surface area contributed by atoms with Gasteiger partial charge in [-0.25, -0.2) is 0 Å². The van der Waals surface area contributed by atoms with Gasteiger partial charge in [-0.2, -0.15) is 0 Å². The Morgan fingerprint density at radius 3 is 2.02 bits per heavy atom. The number of furan rings is 1. The molecule has 4 heteroatoms. The molecule has 11 rings (SSSR count). The smallest absolute Gasteiger partial charge is 0.136 e. The van der Waals surface area contributed by atoms with Gasteiger partial charge in [-0.15, -0.1) is 0 Å². The van der Waals surface area contributed by atoms with Gasteiger partial charge in [-0.05, 0) is 141 Å². The van der Waals surface area contributed by atoms with Crippen LogP contribution in [0.3, 0.4) is 0 Å². The minimum atomic E-state index is -0.853. The van der Waals surface area contributed by atoms with Gasteiger partial charge >= 0.3 is 0 Å². The lowest BCUT2D eigenvalue weighted by molar-refractivity contribution is 0.224. The summed E-state index contributed by atoms with van der Waals surface area (Å²) in [5, 5.41) is 16.2. The van der Waals surface area contributed by atoms with E-state index in [1.54, 1.807) is 0 Å². The molecule has 0 amide bonds. The van der Waals surface area contributed by atoms with Crippen molar-refractivity contribution in [2.75, 3.05) is 0 Å². The standard InChI is InChI=1S/C55H48N2O2/c1-53(2,3)38-31-45(37-28-36-21-20-34-12-10-18-47-51(34)52(36)48(30-37)59-47)57-50(32-38)55(42-15-8-6-13-39(42)40-14-7-9-16-43(40)55)49-19-11-17-44(56-49)41-29-35(22-23-46(41)58)33-24-26-54(4,5)27-25-33/h6-23,28-33,58H,24-27H2,1-5H3. The number of hydrogen-bond donors (Lipinski definition) is 1. The Labute approximate surface area is 346 Å². The van der Waals surface area contributed by atoms with Gasteiger partial charge in [-0.1, -0.05) is 120 Å². The van der Waals surface area contributed by atoms with Crippen LogP contribution in [0.25, 0.3) is 66.4 Å². The third-order valence-corrected chi connectivity index (χ3v) is 13.7. The number of nitrogens with zero attached hydrogens (tertiary/aromatic N) is 2. The fourth-order valence-electron chi connectivity index (χ4n) is 10.4. The zero-order valence-electron chi connectivity index (χ0n) is 34.4. The summed E-state index contributed by atoms with van der Waals surface area (Å²) >= 11 is 0. The molecule has 0 unspecified atom stereocenters. The highest BCUT2D eigenvalue weighted by Crippen LogP contribution is 2.56. The number of aromatic hydroxyl groups is 1. The molecule has 0 radical (unpaired) electrons. The summed E-state index contributed by atoms with van der Waals surface area (Å²) in [7, 11) is 0. The first kappa shape index (κ1) is 35.9. The molecule has 3 heterocycles. The average molecular weight is 769 g/mol. The highest BCUT2D eigenvalue weighted by atomic mass is 16.3. The third kappa shape index (κ3) is 5.56. The zero-order valence-corrected chi connectivity index (χ0v) is 34.4. The zero-order chi connectivity index (χ0) is 40.3. The Balaban J connectivity index is 1.15. The van der Waals surface area contributed by atoms with Gasteiger partial charge in [0.05, 0.1) is 22.8 Å². The fourth-order valence-corrected chi connectivity index (χ4v) is 10.4. The summed E-state index contributed by atoms with van der Waals surface area (Å²) in [5.41, 5.74) is 13.5. The van der Waals surface area contributed by atoms with Crippen LogP contribution in [0.2, 0.25) is 0 Å². The first-order valence-corrected chi connectivity index (χ1v) is 21.2. The first-order chi connectivity index (χ1) is 28.5. The van der Waals surface area contributed by atoms with Crippen molar-refractivity contribution in [1.82, 2.24) is 9.97 Å². The molecule has 1 N–H and O–H groups in total. The van der Waals surface area contributed by atoms with Crippen LogP contribution in [0.1, 0.15) is 99.9 Å². The van der Waals surface area contributed by atoms with Crippen LogP contribution in [0.5, 0.6) is 5.75 Å². The first-order valence-electron chi connectivity index (χ1n) is 21.2. The largest absolute Gasteiger partial charge is 0.507 e. The molecule has 1 fully saturated rings. The van der Waals surface area contributed by atoms with Crippen LogP contribution in [0, 0.1) is 5.41 Å². The summed E-state index contributed by atoms with van der Waals surface area (Å²) in [6.45, 7) is 11.6. The van der Waals surface area contributed by atoms with Gasteiger partial charge in [-0.3, -0.25) is 9.97 Å². The van der Waals surface area contributed by atoms with Crippen LogP contribution in [0.15, 0.2) is 144 Å². The molecule has 2 aliphatic rings. The maximum Gasteiger partial charge on any atom is 0.136 e. The molecule has 0 saturated heterocycles. The predicted octanol–water partition coefficient (Wildman–Crippen LogP) is 14.4. The number of aromatic nitrogens is 2. The summed E-state index contributed by atoms with van der Waals surface area (Å²) in [6, 6.07) is 49.7. The second-order valence-electron chi connectivity index (χ2n) is 18.9. The Morgan fingerprint density at radius 1 is 0.593 bits per heavy atom. The van der Waals surface area contributed by atoms with E-state index in [2.05, 4.69) is 162 Å². The number of phenols is 1. The van der Waals surface area contributed by atoms with Gasteiger partial charge < -0.3 is 9.52 Å². The molecule has 290 valence electrons. The highest BCUT2D eigenvalue weighted by Gasteiger charge is 2.49. The quantitative estimate of drug-likeness (QED) is 0.177. The monoisotopic (exact) mass is 768 g/mol. The molecule has 59 heavy (non-hydrogen) atoms. The Morgan fingerprint density at radius 2 is 1.27 bits per heavy atom. The van der Waals surface area contributed by atoms with Crippen LogP contribution in [0.4, 0.5) is 0 Å². The van der Waals surface area contributed by atoms with Gasteiger partial charge in [0, 0.05) is 21.9 Å². The molecule has 2 aliphatic carbocycles. The lowest BCUT2D eigenvalue weighted by Crippen LogP contribution is -2.32. The van der Waals surface area contributed by atoms with Gasteiger partial charge in [0.2, 0.25) is 0 Å². The molecular formula is C55H48N2O2. The normalized spacial score (nSPS) is 16.2. The third-order valence-electron chi connectivity index (χ3n) is 13.7. The van der Waals surface area contributed by atoms with E-state index in [1.807, 2.05) is 12.1 Å². The van der Waals surface area contributed by atoms with Crippen molar-refractivity contribution < 1.29 is 9.52 Å². The molecule has 0 atom stereocenters. The van der Waals surface area contributed by atoms with Crippen LogP contribution in [-0.2, 0) is 10.8 Å². The lowest BCUT2D eigenvalue weighted by atomic mass is 9.70. The van der Waals surface area contributed by atoms with E-state index >= 15 is 0 Å². The Hall–Kier alpha value is -6.26. The Bertz CT molecular complexity index is 3050. The van der Waals surface area contributed by atoms with Crippen LogP contribution >= 0.6 is 0 Å². The average Bonchev–Trinajstić information content (AvgIpc) is 3.77. The number of fused-ring (bicyclic) bond motifs is 3. The van der Waals surface area contributed by atoms with E-state index in [9.17, 15) is 5.11 Å².